The largest absolute Gasteiger partial charge is 0.481 e. The lowest BCUT2D eigenvalue weighted by atomic mass is 10.0. The highest BCUT2D eigenvalue weighted by molar-refractivity contribution is 5.96. The summed E-state index contributed by atoms with van der Waals surface area (Å²) >= 11 is 0. The number of pyridine rings is 2. The van der Waals surface area contributed by atoms with Gasteiger partial charge in [0.15, 0.2) is 0 Å². The SMILES string of the molecule is COc1ccc(C(=O)N2CCc3c(c(COc4cc(C)ccn4)nn3C)C2)c(OC)n1. The van der Waals surface area contributed by atoms with Crippen molar-refractivity contribution in [3.8, 4) is 17.6 Å². The van der Waals surface area contributed by atoms with Crippen LogP contribution >= 0.6 is 0 Å². The molecule has 0 atom stereocenters. The van der Waals surface area contributed by atoms with E-state index in [1.54, 1.807) is 23.2 Å². The van der Waals surface area contributed by atoms with Crippen molar-refractivity contribution in [2.75, 3.05) is 20.8 Å². The minimum atomic E-state index is -0.145. The van der Waals surface area contributed by atoms with Gasteiger partial charge in [0.25, 0.3) is 5.91 Å². The van der Waals surface area contributed by atoms with Gasteiger partial charge in [0.2, 0.25) is 17.6 Å². The standard InChI is InChI=1S/C22H25N5O4/c1-14-7-9-23-20(11-14)31-13-17-16-12-27(10-8-18(16)26(2)25-17)22(28)15-5-6-19(29-3)24-21(15)30-4/h5-7,9,11H,8,10,12-13H2,1-4H3. The molecule has 0 aliphatic carbocycles. The number of rotatable bonds is 6. The molecule has 0 spiro atoms. The maximum absolute atomic E-state index is 13.2. The molecule has 31 heavy (non-hydrogen) atoms. The maximum Gasteiger partial charge on any atom is 0.259 e. The van der Waals surface area contributed by atoms with Crippen LogP contribution in [0.15, 0.2) is 30.5 Å². The number of aromatic nitrogens is 4. The topological polar surface area (TPSA) is 91.6 Å². The van der Waals surface area contributed by atoms with E-state index in [0.717, 1.165) is 22.5 Å². The molecule has 1 aliphatic heterocycles. The molecule has 9 nitrogen and oxygen atoms in total. The van der Waals surface area contributed by atoms with E-state index in [1.165, 1.54) is 14.2 Å². The number of fused-ring (bicyclic) bond motifs is 1. The van der Waals surface area contributed by atoms with Gasteiger partial charge in [-0.1, -0.05) is 0 Å². The number of nitrogens with zero attached hydrogens (tertiary/aromatic N) is 5. The lowest BCUT2D eigenvalue weighted by Gasteiger charge is -2.28. The zero-order valence-corrected chi connectivity index (χ0v) is 18.1. The number of ether oxygens (including phenoxy) is 3. The average molecular weight is 423 g/mol. The highest BCUT2D eigenvalue weighted by Gasteiger charge is 2.29. The Kier molecular flexibility index (Phi) is 5.75. The second-order valence-electron chi connectivity index (χ2n) is 7.34. The Morgan fingerprint density at radius 1 is 1.16 bits per heavy atom. The number of aryl methyl sites for hydroxylation is 2. The van der Waals surface area contributed by atoms with Gasteiger partial charge in [-0.25, -0.2) is 4.98 Å². The summed E-state index contributed by atoms with van der Waals surface area (Å²) in [7, 11) is 4.93. The molecule has 1 aliphatic rings. The van der Waals surface area contributed by atoms with Gasteiger partial charge in [0, 0.05) is 56.1 Å². The Labute approximate surface area is 180 Å². The molecule has 0 N–H and O–H groups in total. The summed E-state index contributed by atoms with van der Waals surface area (Å²) in [6.07, 6.45) is 2.43. The highest BCUT2D eigenvalue weighted by atomic mass is 16.5. The highest BCUT2D eigenvalue weighted by Crippen LogP contribution is 2.27. The summed E-state index contributed by atoms with van der Waals surface area (Å²) in [6, 6.07) is 7.14. The zero-order chi connectivity index (χ0) is 22.0. The van der Waals surface area contributed by atoms with Gasteiger partial charge >= 0.3 is 0 Å². The summed E-state index contributed by atoms with van der Waals surface area (Å²) in [5, 5.41) is 4.63. The Morgan fingerprint density at radius 3 is 2.74 bits per heavy atom. The number of hydrogen-bond acceptors (Lipinski definition) is 7. The van der Waals surface area contributed by atoms with Gasteiger partial charge in [-0.05, 0) is 24.6 Å². The molecule has 1 amide bonds. The van der Waals surface area contributed by atoms with E-state index in [4.69, 9.17) is 14.2 Å². The van der Waals surface area contributed by atoms with Crippen LogP contribution in [-0.4, -0.2) is 51.3 Å². The third kappa shape index (κ3) is 4.16. The number of hydrogen-bond donors (Lipinski definition) is 0. The van der Waals surface area contributed by atoms with E-state index >= 15 is 0 Å². The predicted molar refractivity (Wildman–Crippen MR) is 112 cm³/mol. The van der Waals surface area contributed by atoms with Crippen molar-refractivity contribution < 1.29 is 19.0 Å². The molecular weight excluding hydrogens is 398 g/mol. The lowest BCUT2D eigenvalue weighted by Crippen LogP contribution is -2.36. The van der Waals surface area contributed by atoms with E-state index in [-0.39, 0.29) is 18.4 Å². The van der Waals surface area contributed by atoms with Crippen molar-refractivity contribution >= 4 is 5.91 Å². The summed E-state index contributed by atoms with van der Waals surface area (Å²) in [5.74, 6) is 1.05. The summed E-state index contributed by atoms with van der Waals surface area (Å²) < 4.78 is 18.2. The Balaban J connectivity index is 1.54. The monoisotopic (exact) mass is 423 g/mol. The van der Waals surface area contributed by atoms with Crippen molar-refractivity contribution in [1.29, 1.82) is 0 Å². The van der Waals surface area contributed by atoms with Gasteiger partial charge in [0.05, 0.1) is 14.2 Å². The fourth-order valence-electron chi connectivity index (χ4n) is 3.71. The van der Waals surface area contributed by atoms with E-state index in [1.807, 2.05) is 30.8 Å². The van der Waals surface area contributed by atoms with Crippen molar-refractivity contribution in [1.82, 2.24) is 24.6 Å². The summed E-state index contributed by atoms with van der Waals surface area (Å²) in [4.78, 5) is 23.5. The van der Waals surface area contributed by atoms with E-state index < -0.39 is 0 Å². The summed E-state index contributed by atoms with van der Waals surface area (Å²) in [6.45, 7) is 3.30. The molecule has 3 aromatic rings. The van der Waals surface area contributed by atoms with Crippen LogP contribution in [0.1, 0.15) is 32.9 Å². The van der Waals surface area contributed by atoms with Gasteiger partial charge in [-0.2, -0.15) is 10.1 Å². The molecule has 0 saturated carbocycles. The molecule has 0 bridgehead atoms. The van der Waals surface area contributed by atoms with Crippen LogP contribution in [0.2, 0.25) is 0 Å². The summed E-state index contributed by atoms with van der Waals surface area (Å²) in [5.41, 5.74) is 4.40. The molecule has 162 valence electrons. The average Bonchev–Trinajstić information content (AvgIpc) is 3.11. The first-order chi connectivity index (χ1) is 15.0. The van der Waals surface area contributed by atoms with Gasteiger partial charge in [-0.3, -0.25) is 9.48 Å². The van der Waals surface area contributed by atoms with Crippen molar-refractivity contribution in [3.63, 3.8) is 0 Å². The van der Waals surface area contributed by atoms with Crippen molar-refractivity contribution in [2.24, 2.45) is 7.05 Å². The molecular formula is C22H25N5O4. The van der Waals surface area contributed by atoms with Gasteiger partial charge in [0.1, 0.15) is 17.9 Å². The Bertz CT molecular complexity index is 1110. The number of carbonyl (C=O) groups is 1. The molecule has 9 heteroatoms. The quantitative estimate of drug-likeness (QED) is 0.601. The maximum atomic E-state index is 13.2. The Hall–Kier alpha value is -3.62. The van der Waals surface area contributed by atoms with E-state index in [9.17, 15) is 4.79 Å². The second kappa shape index (κ2) is 8.63. The molecule has 0 aromatic carbocycles. The van der Waals surface area contributed by atoms with Crippen LogP contribution in [0.3, 0.4) is 0 Å². The fraction of sp³-hybridized carbons (Fsp3) is 0.364. The minimum absolute atomic E-state index is 0.145. The van der Waals surface area contributed by atoms with Crippen LogP contribution in [0, 0.1) is 6.92 Å². The van der Waals surface area contributed by atoms with E-state index in [0.29, 0.717) is 36.8 Å². The van der Waals surface area contributed by atoms with Gasteiger partial charge in [-0.15, -0.1) is 0 Å². The molecule has 4 rings (SSSR count). The van der Waals surface area contributed by atoms with Crippen LogP contribution < -0.4 is 14.2 Å². The Morgan fingerprint density at radius 2 is 2.00 bits per heavy atom. The van der Waals surface area contributed by atoms with Gasteiger partial charge < -0.3 is 19.1 Å². The second-order valence-corrected chi connectivity index (χ2v) is 7.34. The minimum Gasteiger partial charge on any atom is -0.481 e. The van der Waals surface area contributed by atoms with Crippen LogP contribution in [-0.2, 0) is 26.6 Å². The molecule has 0 unspecified atom stereocenters. The van der Waals surface area contributed by atoms with Crippen LogP contribution in [0.4, 0.5) is 0 Å². The number of amides is 1. The predicted octanol–water partition coefficient (Wildman–Crippen LogP) is 2.31. The number of carbonyl (C=O) groups excluding carboxylic acids is 1. The third-order valence-electron chi connectivity index (χ3n) is 5.33. The third-order valence-corrected chi connectivity index (χ3v) is 5.33. The molecule has 4 heterocycles. The van der Waals surface area contributed by atoms with Crippen molar-refractivity contribution in [3.05, 3.63) is 58.5 Å². The molecule has 3 aromatic heterocycles. The molecule has 0 fully saturated rings. The fourth-order valence-corrected chi connectivity index (χ4v) is 3.71. The smallest absolute Gasteiger partial charge is 0.259 e. The normalized spacial score (nSPS) is 13.0. The zero-order valence-electron chi connectivity index (χ0n) is 18.1. The molecule has 0 radical (unpaired) electrons. The van der Waals surface area contributed by atoms with Crippen LogP contribution in [0.25, 0.3) is 0 Å². The van der Waals surface area contributed by atoms with Crippen LogP contribution in [0.5, 0.6) is 17.6 Å². The van der Waals surface area contributed by atoms with E-state index in [2.05, 4.69) is 15.1 Å². The first-order valence-corrected chi connectivity index (χ1v) is 9.97. The first-order valence-electron chi connectivity index (χ1n) is 9.97. The molecule has 0 saturated heterocycles. The number of methoxy groups -OCH3 is 2. The first kappa shape index (κ1) is 20.6. The van der Waals surface area contributed by atoms with Crippen molar-refractivity contribution in [2.45, 2.75) is 26.5 Å². The lowest BCUT2D eigenvalue weighted by molar-refractivity contribution is 0.0728.